The lowest BCUT2D eigenvalue weighted by molar-refractivity contribution is 0.291. The van der Waals surface area contributed by atoms with Crippen LogP contribution in [0.1, 0.15) is 6.42 Å². The molecule has 4 heteroatoms. The molecule has 0 aliphatic carbocycles. The molecule has 0 aromatic carbocycles. The lowest BCUT2D eigenvalue weighted by Crippen LogP contribution is -2.47. The zero-order valence-corrected chi connectivity index (χ0v) is 8.18. The van der Waals surface area contributed by atoms with Crippen LogP contribution < -0.4 is 16.0 Å². The molecule has 0 bridgehead atoms. The van der Waals surface area contributed by atoms with E-state index in [2.05, 4.69) is 16.0 Å². The van der Waals surface area contributed by atoms with Gasteiger partial charge in [-0.15, -0.1) is 0 Å². The average Bonchev–Trinajstić information content (AvgIpc) is 2.07. The van der Waals surface area contributed by atoms with Gasteiger partial charge in [0.1, 0.15) is 0 Å². The lowest BCUT2D eigenvalue weighted by Gasteiger charge is -2.27. The van der Waals surface area contributed by atoms with Gasteiger partial charge >= 0.3 is 0 Å². The van der Waals surface area contributed by atoms with Crippen LogP contribution >= 0.6 is 0 Å². The zero-order chi connectivity index (χ0) is 9.36. The second-order valence-electron chi connectivity index (χ2n) is 3.56. The Hall–Kier alpha value is -0.160. The molecule has 1 saturated heterocycles. The second-order valence-corrected chi connectivity index (χ2v) is 3.56. The molecule has 0 aromatic rings. The quantitative estimate of drug-likeness (QED) is 0.359. The highest BCUT2D eigenvalue weighted by Crippen LogP contribution is 1.99. The van der Waals surface area contributed by atoms with E-state index in [0.29, 0.717) is 6.54 Å². The number of hydrogen-bond donors (Lipinski definition) is 4. The molecule has 0 amide bonds. The molecule has 1 aliphatic heterocycles. The molecule has 0 aromatic heterocycles. The second kappa shape index (κ2) is 7.26. The molecule has 1 fully saturated rings. The molecule has 4 N–H and O–H groups in total. The maximum atomic E-state index is 8.50. The minimum Gasteiger partial charge on any atom is -0.395 e. The Morgan fingerprint density at radius 3 is 2.54 bits per heavy atom. The third-order valence-corrected chi connectivity index (χ3v) is 2.29. The summed E-state index contributed by atoms with van der Waals surface area (Å²) in [4.78, 5) is 0. The maximum absolute atomic E-state index is 8.50. The summed E-state index contributed by atoms with van der Waals surface area (Å²) in [5.74, 6) is 0.852. The van der Waals surface area contributed by atoms with Crippen molar-refractivity contribution in [3.8, 4) is 0 Å². The summed E-state index contributed by atoms with van der Waals surface area (Å²) in [5, 5.41) is 18.3. The summed E-state index contributed by atoms with van der Waals surface area (Å²) in [5.41, 5.74) is 0. The van der Waals surface area contributed by atoms with Crippen molar-refractivity contribution in [2.45, 2.75) is 6.42 Å². The fourth-order valence-electron chi connectivity index (χ4n) is 1.34. The van der Waals surface area contributed by atoms with Gasteiger partial charge in [-0.25, -0.2) is 0 Å². The third-order valence-electron chi connectivity index (χ3n) is 2.29. The van der Waals surface area contributed by atoms with Gasteiger partial charge in [0.05, 0.1) is 6.61 Å². The van der Waals surface area contributed by atoms with Gasteiger partial charge in [-0.1, -0.05) is 0 Å². The first-order valence-electron chi connectivity index (χ1n) is 5.16. The predicted octanol–water partition coefficient (Wildman–Crippen LogP) is -1.23. The van der Waals surface area contributed by atoms with Crippen LogP contribution in [0.25, 0.3) is 0 Å². The third kappa shape index (κ3) is 5.21. The largest absolute Gasteiger partial charge is 0.395 e. The molecule has 4 nitrogen and oxygen atoms in total. The summed E-state index contributed by atoms with van der Waals surface area (Å²) in [6, 6.07) is 0. The van der Waals surface area contributed by atoms with Gasteiger partial charge in [0, 0.05) is 26.2 Å². The van der Waals surface area contributed by atoms with Crippen LogP contribution in [0, 0.1) is 5.92 Å². The summed E-state index contributed by atoms with van der Waals surface area (Å²) in [6.07, 6.45) is 1.14. The number of hydrogen-bond acceptors (Lipinski definition) is 4. The highest BCUT2D eigenvalue weighted by Gasteiger charge is 2.14. The number of aliphatic hydroxyl groups excluding tert-OH is 1. The Morgan fingerprint density at radius 2 is 1.92 bits per heavy atom. The fraction of sp³-hybridized carbons (Fsp3) is 1.00. The minimum atomic E-state index is 0.237. The Balaban J connectivity index is 1.68. The van der Waals surface area contributed by atoms with Gasteiger partial charge in [0.15, 0.2) is 0 Å². The van der Waals surface area contributed by atoms with Crippen LogP contribution in [0.3, 0.4) is 0 Å². The summed E-state index contributed by atoms with van der Waals surface area (Å²) >= 11 is 0. The molecular weight excluding hydrogens is 166 g/mol. The summed E-state index contributed by atoms with van der Waals surface area (Å²) in [7, 11) is 0. The van der Waals surface area contributed by atoms with Crippen LogP contribution in [-0.2, 0) is 0 Å². The SMILES string of the molecule is OCCNCCCNCC1CNC1. The topological polar surface area (TPSA) is 56.3 Å². The minimum absolute atomic E-state index is 0.237. The maximum Gasteiger partial charge on any atom is 0.0555 e. The monoisotopic (exact) mass is 187 g/mol. The van der Waals surface area contributed by atoms with Crippen molar-refractivity contribution in [1.29, 1.82) is 0 Å². The van der Waals surface area contributed by atoms with Gasteiger partial charge in [0.2, 0.25) is 0 Å². The molecule has 78 valence electrons. The van der Waals surface area contributed by atoms with E-state index in [4.69, 9.17) is 5.11 Å². The normalized spacial score (nSPS) is 17.3. The Bertz CT molecular complexity index is 117. The first-order chi connectivity index (χ1) is 6.43. The van der Waals surface area contributed by atoms with Gasteiger partial charge < -0.3 is 21.1 Å². The molecule has 0 unspecified atom stereocenters. The highest BCUT2D eigenvalue weighted by atomic mass is 16.3. The molecule has 0 spiro atoms. The molecule has 1 aliphatic rings. The van der Waals surface area contributed by atoms with Crippen LogP contribution in [0.15, 0.2) is 0 Å². The van der Waals surface area contributed by atoms with Crippen LogP contribution in [0.2, 0.25) is 0 Å². The smallest absolute Gasteiger partial charge is 0.0555 e. The fourth-order valence-corrected chi connectivity index (χ4v) is 1.34. The Kier molecular flexibility index (Phi) is 6.10. The molecule has 0 radical (unpaired) electrons. The van der Waals surface area contributed by atoms with Crippen molar-refractivity contribution in [3.05, 3.63) is 0 Å². The molecule has 1 heterocycles. The Labute approximate surface area is 80.1 Å². The van der Waals surface area contributed by atoms with Crippen molar-refractivity contribution < 1.29 is 5.11 Å². The van der Waals surface area contributed by atoms with Gasteiger partial charge in [-0.2, -0.15) is 0 Å². The summed E-state index contributed by atoms with van der Waals surface area (Å²) < 4.78 is 0. The van der Waals surface area contributed by atoms with Crippen molar-refractivity contribution in [1.82, 2.24) is 16.0 Å². The molecule has 1 rings (SSSR count). The molecule has 0 saturated carbocycles. The van der Waals surface area contributed by atoms with Crippen molar-refractivity contribution in [2.75, 3.05) is 45.9 Å². The average molecular weight is 187 g/mol. The first kappa shape index (κ1) is 10.9. The zero-order valence-electron chi connectivity index (χ0n) is 8.18. The van der Waals surface area contributed by atoms with Crippen molar-refractivity contribution in [2.24, 2.45) is 5.92 Å². The highest BCUT2D eigenvalue weighted by molar-refractivity contribution is 4.76. The standard InChI is InChI=1S/C9H21N3O/c13-5-4-10-2-1-3-11-6-9-7-12-8-9/h9-13H,1-8H2. The van der Waals surface area contributed by atoms with E-state index in [0.717, 1.165) is 32.0 Å². The molecular formula is C9H21N3O. The van der Waals surface area contributed by atoms with E-state index < -0.39 is 0 Å². The first-order valence-corrected chi connectivity index (χ1v) is 5.16. The molecule has 0 atom stereocenters. The predicted molar refractivity (Wildman–Crippen MR) is 53.8 cm³/mol. The van der Waals surface area contributed by atoms with Gasteiger partial charge in [0.25, 0.3) is 0 Å². The lowest BCUT2D eigenvalue weighted by atomic mass is 10.0. The van der Waals surface area contributed by atoms with Crippen LogP contribution in [-0.4, -0.2) is 51.0 Å². The van der Waals surface area contributed by atoms with E-state index in [1.165, 1.54) is 13.1 Å². The van der Waals surface area contributed by atoms with E-state index in [1.807, 2.05) is 0 Å². The van der Waals surface area contributed by atoms with Crippen molar-refractivity contribution in [3.63, 3.8) is 0 Å². The number of nitrogens with one attached hydrogen (secondary N) is 3. The summed E-state index contributed by atoms with van der Waals surface area (Å²) in [6.45, 7) is 6.53. The Morgan fingerprint density at radius 1 is 1.15 bits per heavy atom. The van der Waals surface area contributed by atoms with Crippen LogP contribution in [0.4, 0.5) is 0 Å². The van der Waals surface area contributed by atoms with E-state index >= 15 is 0 Å². The van der Waals surface area contributed by atoms with Crippen LogP contribution in [0.5, 0.6) is 0 Å². The van der Waals surface area contributed by atoms with Crippen molar-refractivity contribution >= 4 is 0 Å². The van der Waals surface area contributed by atoms with E-state index in [-0.39, 0.29) is 6.61 Å². The van der Waals surface area contributed by atoms with E-state index in [9.17, 15) is 0 Å². The van der Waals surface area contributed by atoms with E-state index in [1.54, 1.807) is 0 Å². The molecule has 13 heavy (non-hydrogen) atoms. The number of rotatable bonds is 8. The van der Waals surface area contributed by atoms with Gasteiger partial charge in [-0.05, 0) is 25.4 Å². The number of aliphatic hydroxyl groups is 1. The van der Waals surface area contributed by atoms with Gasteiger partial charge in [-0.3, -0.25) is 0 Å².